The smallest absolute Gasteiger partial charge is 0.332 e. The molecule has 2 N–H and O–H groups in total. The number of fused-ring (bicyclic) bond motifs is 1. The monoisotopic (exact) mass is 481 g/mol. The highest BCUT2D eigenvalue weighted by atomic mass is 32.2. The number of aromatic amines is 1. The average Bonchev–Trinajstić information content (AvgIpc) is 3.18. The summed E-state index contributed by atoms with van der Waals surface area (Å²) < 4.78 is 21.9. The molecule has 1 aliphatic carbocycles. The van der Waals surface area contributed by atoms with Crippen molar-refractivity contribution in [1.29, 1.82) is 0 Å². The van der Waals surface area contributed by atoms with E-state index in [-0.39, 0.29) is 5.41 Å². The van der Waals surface area contributed by atoms with Crippen LogP contribution < -0.4 is 20.7 Å². The zero-order valence-electron chi connectivity index (χ0n) is 20.2. The fourth-order valence-electron chi connectivity index (χ4n) is 4.67. The molecule has 7 nitrogen and oxygen atoms in total. The van der Waals surface area contributed by atoms with Crippen LogP contribution in [0.2, 0.25) is 0 Å². The van der Waals surface area contributed by atoms with Crippen molar-refractivity contribution in [3.8, 4) is 22.6 Å². The molecule has 34 heavy (non-hydrogen) atoms. The Labute approximate surface area is 201 Å². The van der Waals surface area contributed by atoms with Gasteiger partial charge in [0.1, 0.15) is 5.75 Å². The molecule has 4 rings (SSSR count). The molecule has 0 radical (unpaired) electrons. The van der Waals surface area contributed by atoms with Crippen LogP contribution in [0.15, 0.2) is 52.2 Å². The minimum Gasteiger partial charge on any atom is -0.496 e. The maximum atomic E-state index is 12.6. The molecule has 1 aromatic heterocycles. The van der Waals surface area contributed by atoms with E-state index in [0.717, 1.165) is 35.3 Å². The Kier molecular flexibility index (Phi) is 6.64. The molecule has 1 heterocycles. The summed E-state index contributed by atoms with van der Waals surface area (Å²) in [6.45, 7) is 7.00. The molecule has 0 fully saturated rings. The molecule has 180 valence electrons. The first-order valence-electron chi connectivity index (χ1n) is 11.3. The topological polar surface area (TPSA) is 93.2 Å². The highest BCUT2D eigenvalue weighted by Crippen LogP contribution is 2.43. The fraction of sp³-hybridized carbons (Fsp3) is 0.385. The van der Waals surface area contributed by atoms with Crippen LogP contribution in [0.3, 0.4) is 0 Å². The number of aromatic nitrogens is 2. The van der Waals surface area contributed by atoms with E-state index in [2.05, 4.69) is 48.7 Å². The number of nitrogens with zero attached hydrogens (tertiary/aromatic N) is 1. The number of hydrogen-bond donors (Lipinski definition) is 2. The largest absolute Gasteiger partial charge is 0.496 e. The van der Waals surface area contributed by atoms with Crippen LogP contribution >= 0.6 is 0 Å². The number of H-pyrrole nitrogens is 1. The van der Waals surface area contributed by atoms with Crippen LogP contribution in [0.1, 0.15) is 49.8 Å². The van der Waals surface area contributed by atoms with Gasteiger partial charge in [0, 0.05) is 36.2 Å². The van der Waals surface area contributed by atoms with Crippen molar-refractivity contribution in [2.45, 2.75) is 44.9 Å². The molecule has 0 saturated carbocycles. The van der Waals surface area contributed by atoms with Gasteiger partial charge in [-0.2, -0.15) is 0 Å². The van der Waals surface area contributed by atoms with Crippen molar-refractivity contribution in [3.05, 3.63) is 80.1 Å². The van der Waals surface area contributed by atoms with E-state index >= 15 is 0 Å². The second-order valence-electron chi connectivity index (χ2n) is 9.76. The lowest BCUT2D eigenvalue weighted by molar-refractivity contribution is 0.399. The second-order valence-corrected chi connectivity index (χ2v) is 11.0. The minimum atomic E-state index is -1.03. The maximum Gasteiger partial charge on any atom is 0.332 e. The predicted octanol–water partition coefficient (Wildman–Crippen LogP) is 3.41. The SMILES string of the molecule is COc1c(-c2ccc3c(c2)CCC3CNS(C)=O)cc(-n2ccc(=O)[nH]c2=O)cc1C(C)(C)C. The van der Waals surface area contributed by atoms with E-state index < -0.39 is 22.2 Å². The summed E-state index contributed by atoms with van der Waals surface area (Å²) in [5.41, 5.74) is 4.92. The van der Waals surface area contributed by atoms with E-state index in [9.17, 15) is 13.8 Å². The first-order chi connectivity index (χ1) is 16.1. The molecule has 2 atom stereocenters. The zero-order chi connectivity index (χ0) is 24.6. The van der Waals surface area contributed by atoms with Crippen LogP contribution in [-0.4, -0.2) is 33.7 Å². The van der Waals surface area contributed by atoms with Gasteiger partial charge in [-0.1, -0.05) is 39.0 Å². The number of aryl methyl sites for hydroxylation is 1. The highest BCUT2D eigenvalue weighted by molar-refractivity contribution is 7.82. The first kappa shape index (κ1) is 24.2. The number of rotatable bonds is 6. The van der Waals surface area contributed by atoms with Gasteiger partial charge in [-0.25, -0.2) is 13.7 Å². The van der Waals surface area contributed by atoms with Crippen LogP contribution in [0.25, 0.3) is 16.8 Å². The van der Waals surface area contributed by atoms with Crippen LogP contribution in [0, 0.1) is 0 Å². The summed E-state index contributed by atoms with van der Waals surface area (Å²) in [5.74, 6) is 1.11. The summed E-state index contributed by atoms with van der Waals surface area (Å²) in [7, 11) is 0.638. The Hall–Kier alpha value is -2.97. The third-order valence-corrected chi connectivity index (χ3v) is 6.95. The molecule has 3 aromatic rings. The molecule has 8 heteroatoms. The third-order valence-electron chi connectivity index (χ3n) is 6.38. The zero-order valence-corrected chi connectivity index (χ0v) is 21.0. The van der Waals surface area contributed by atoms with Crippen LogP contribution in [-0.2, 0) is 22.8 Å². The summed E-state index contributed by atoms with van der Waals surface area (Å²) >= 11 is 0. The van der Waals surface area contributed by atoms with Crippen molar-refractivity contribution in [2.75, 3.05) is 19.9 Å². The molecular weight excluding hydrogens is 450 g/mol. The van der Waals surface area contributed by atoms with E-state index in [0.29, 0.717) is 18.2 Å². The van der Waals surface area contributed by atoms with E-state index in [4.69, 9.17) is 4.74 Å². The molecule has 0 amide bonds. The lowest BCUT2D eigenvalue weighted by Crippen LogP contribution is -2.27. The number of benzene rings is 2. The number of methoxy groups -OCH3 is 1. The van der Waals surface area contributed by atoms with Crippen molar-refractivity contribution < 1.29 is 8.95 Å². The quantitative estimate of drug-likeness (QED) is 0.564. The Balaban J connectivity index is 1.87. The van der Waals surface area contributed by atoms with Crippen molar-refractivity contribution >= 4 is 11.0 Å². The van der Waals surface area contributed by atoms with E-state index in [1.54, 1.807) is 13.4 Å². The van der Waals surface area contributed by atoms with Gasteiger partial charge in [0.2, 0.25) is 0 Å². The summed E-state index contributed by atoms with van der Waals surface area (Å²) in [5, 5.41) is 0. The van der Waals surface area contributed by atoms with E-state index in [1.807, 2.05) is 12.1 Å². The van der Waals surface area contributed by atoms with Gasteiger partial charge in [0.05, 0.1) is 23.8 Å². The molecule has 2 unspecified atom stereocenters. The summed E-state index contributed by atoms with van der Waals surface area (Å²) in [6.07, 6.45) is 5.12. The van der Waals surface area contributed by atoms with Crippen molar-refractivity contribution in [3.63, 3.8) is 0 Å². The lowest BCUT2D eigenvalue weighted by Gasteiger charge is -2.26. The van der Waals surface area contributed by atoms with Crippen molar-refractivity contribution in [2.24, 2.45) is 0 Å². The van der Waals surface area contributed by atoms with Gasteiger partial charge in [0.15, 0.2) is 0 Å². The van der Waals surface area contributed by atoms with Crippen LogP contribution in [0.4, 0.5) is 0 Å². The minimum absolute atomic E-state index is 0.245. The standard InChI is InChI=1S/C26H31N3O4S/c1-26(2,3)22-14-19(29-11-10-23(30)28-25(29)31)13-21(24(22)33-4)17-8-9-20-16(12-17)6-7-18(20)15-27-34(5)32/h8-14,18,27H,6-7,15H2,1-5H3,(H,28,30,31). The Morgan fingerprint density at radius 1 is 1.18 bits per heavy atom. The molecule has 0 bridgehead atoms. The van der Waals surface area contributed by atoms with Gasteiger partial charge in [-0.05, 0) is 53.0 Å². The maximum absolute atomic E-state index is 12.6. The second kappa shape index (κ2) is 9.35. The first-order valence-corrected chi connectivity index (χ1v) is 12.9. The molecule has 0 spiro atoms. The van der Waals surface area contributed by atoms with Crippen LogP contribution in [0.5, 0.6) is 5.75 Å². The lowest BCUT2D eigenvalue weighted by atomic mass is 9.83. The van der Waals surface area contributed by atoms with Gasteiger partial charge in [-0.3, -0.25) is 14.3 Å². The third kappa shape index (κ3) is 4.79. The average molecular weight is 482 g/mol. The summed E-state index contributed by atoms with van der Waals surface area (Å²) in [6, 6.07) is 11.7. The Morgan fingerprint density at radius 2 is 1.94 bits per heavy atom. The van der Waals surface area contributed by atoms with Gasteiger partial charge in [-0.15, -0.1) is 0 Å². The molecule has 1 aliphatic rings. The molecular formula is C26H31N3O4S. The summed E-state index contributed by atoms with van der Waals surface area (Å²) in [4.78, 5) is 26.5. The van der Waals surface area contributed by atoms with Gasteiger partial charge >= 0.3 is 5.69 Å². The Morgan fingerprint density at radius 3 is 2.59 bits per heavy atom. The predicted molar refractivity (Wildman–Crippen MR) is 136 cm³/mol. The molecule has 0 aliphatic heterocycles. The van der Waals surface area contributed by atoms with E-state index in [1.165, 1.54) is 28.0 Å². The fourth-order valence-corrected chi connectivity index (χ4v) is 5.10. The molecule has 2 aromatic carbocycles. The highest BCUT2D eigenvalue weighted by Gasteiger charge is 2.26. The number of hydrogen-bond acceptors (Lipinski definition) is 4. The Bertz CT molecular complexity index is 1370. The normalized spacial score (nSPS) is 16.3. The number of nitrogens with one attached hydrogen (secondary N) is 2. The number of ether oxygens (including phenoxy) is 1. The van der Waals surface area contributed by atoms with Gasteiger partial charge < -0.3 is 4.74 Å². The van der Waals surface area contributed by atoms with Crippen molar-refractivity contribution in [1.82, 2.24) is 14.3 Å². The van der Waals surface area contributed by atoms with Gasteiger partial charge in [0.25, 0.3) is 5.56 Å². The molecule has 0 saturated heterocycles.